The number of aromatic amines is 1. The van der Waals surface area contributed by atoms with Gasteiger partial charge in [0.1, 0.15) is 5.69 Å². The Kier molecular flexibility index (Phi) is 4.45. The molecule has 1 aromatic rings. The molecule has 1 rings (SSSR count). The summed E-state index contributed by atoms with van der Waals surface area (Å²) < 4.78 is 10.7. The number of imidazole rings is 1. The molecule has 0 aliphatic carbocycles. The van der Waals surface area contributed by atoms with Crippen LogP contribution in [0.25, 0.3) is 0 Å². The van der Waals surface area contributed by atoms with Crippen molar-refractivity contribution in [3.05, 3.63) is 17.7 Å². The second-order valence-corrected chi connectivity index (χ2v) is 2.97. The Morgan fingerprint density at radius 3 is 2.47 bits per heavy atom. The number of aromatic nitrogens is 2. The molecule has 0 spiro atoms. The molecular weight excluding hydrogens is 196 g/mol. The van der Waals surface area contributed by atoms with Gasteiger partial charge in [0.2, 0.25) is 6.29 Å². The van der Waals surface area contributed by atoms with Gasteiger partial charge in [-0.2, -0.15) is 0 Å². The van der Waals surface area contributed by atoms with Crippen molar-refractivity contribution in [1.29, 1.82) is 0 Å². The second kappa shape index (κ2) is 5.63. The highest BCUT2D eigenvalue weighted by atomic mass is 16.7. The lowest BCUT2D eigenvalue weighted by atomic mass is 10.3. The lowest BCUT2D eigenvalue weighted by Gasteiger charge is -2.13. The monoisotopic (exact) mass is 212 g/mol. The summed E-state index contributed by atoms with van der Waals surface area (Å²) in [5.74, 6) is 0.452. The Morgan fingerprint density at radius 2 is 2.07 bits per heavy atom. The van der Waals surface area contributed by atoms with E-state index in [1.807, 2.05) is 13.8 Å². The van der Waals surface area contributed by atoms with Gasteiger partial charge in [0.25, 0.3) is 0 Å². The van der Waals surface area contributed by atoms with E-state index in [2.05, 4.69) is 9.97 Å². The van der Waals surface area contributed by atoms with Gasteiger partial charge in [-0.25, -0.2) is 4.98 Å². The van der Waals surface area contributed by atoms with Gasteiger partial charge in [-0.1, -0.05) is 0 Å². The number of carbonyl (C=O) groups excluding carboxylic acids is 1. The first-order valence-electron chi connectivity index (χ1n) is 4.98. The second-order valence-electron chi connectivity index (χ2n) is 2.97. The average Bonchev–Trinajstić information content (AvgIpc) is 2.66. The largest absolute Gasteiger partial charge is 0.346 e. The summed E-state index contributed by atoms with van der Waals surface area (Å²) in [4.78, 5) is 18.0. The van der Waals surface area contributed by atoms with Crippen LogP contribution in [-0.4, -0.2) is 29.0 Å². The number of ether oxygens (including phenoxy) is 2. The summed E-state index contributed by atoms with van der Waals surface area (Å²) in [5.41, 5.74) is 0.398. The van der Waals surface area contributed by atoms with Gasteiger partial charge in [-0.15, -0.1) is 0 Å². The molecule has 0 atom stereocenters. The van der Waals surface area contributed by atoms with Gasteiger partial charge in [-0.05, 0) is 13.8 Å². The zero-order valence-corrected chi connectivity index (χ0v) is 9.24. The molecule has 0 amide bonds. The predicted octanol–water partition coefficient (Wildman–Crippen LogP) is 1.68. The van der Waals surface area contributed by atoms with E-state index < -0.39 is 6.29 Å². The van der Waals surface area contributed by atoms with Crippen LogP contribution in [0.4, 0.5) is 0 Å². The first kappa shape index (κ1) is 11.9. The summed E-state index contributed by atoms with van der Waals surface area (Å²) in [5, 5.41) is 0. The molecule has 5 nitrogen and oxygen atoms in total. The van der Waals surface area contributed by atoms with Gasteiger partial charge < -0.3 is 14.5 Å². The van der Waals surface area contributed by atoms with Crippen molar-refractivity contribution in [2.45, 2.75) is 27.1 Å². The van der Waals surface area contributed by atoms with Crippen LogP contribution in [-0.2, 0) is 9.47 Å². The van der Waals surface area contributed by atoms with Crippen molar-refractivity contribution in [2.24, 2.45) is 0 Å². The van der Waals surface area contributed by atoms with E-state index in [9.17, 15) is 4.79 Å². The van der Waals surface area contributed by atoms with Crippen molar-refractivity contribution in [3.8, 4) is 0 Å². The van der Waals surface area contributed by atoms with Gasteiger partial charge in [0.05, 0.1) is 0 Å². The molecule has 0 aliphatic heterocycles. The Labute approximate surface area is 88.8 Å². The van der Waals surface area contributed by atoms with Gasteiger partial charge in [0, 0.05) is 26.3 Å². The van der Waals surface area contributed by atoms with Crippen molar-refractivity contribution in [3.63, 3.8) is 0 Å². The number of Topliss-reactive ketones (excluding diaryl/α,β-unsaturated/α-hetero) is 1. The van der Waals surface area contributed by atoms with Gasteiger partial charge in [0.15, 0.2) is 11.6 Å². The average molecular weight is 212 g/mol. The maximum absolute atomic E-state index is 11.0. The van der Waals surface area contributed by atoms with Crippen LogP contribution in [0.3, 0.4) is 0 Å². The maximum atomic E-state index is 11.0. The van der Waals surface area contributed by atoms with E-state index in [1.165, 1.54) is 6.92 Å². The van der Waals surface area contributed by atoms with Crippen LogP contribution < -0.4 is 0 Å². The standard InChI is InChI=1S/C10H16N2O3/c1-4-14-10(15-5-2)9-11-6-8(12-9)7(3)13/h6,10H,4-5H2,1-3H3,(H,11,12). The smallest absolute Gasteiger partial charge is 0.217 e. The predicted molar refractivity (Wildman–Crippen MR) is 54.6 cm³/mol. The molecule has 0 unspecified atom stereocenters. The highest BCUT2D eigenvalue weighted by molar-refractivity contribution is 5.91. The fourth-order valence-corrected chi connectivity index (χ4v) is 1.15. The third-order valence-electron chi connectivity index (χ3n) is 1.82. The van der Waals surface area contributed by atoms with E-state index in [1.54, 1.807) is 6.20 Å². The minimum absolute atomic E-state index is 0.0794. The van der Waals surface area contributed by atoms with E-state index >= 15 is 0 Å². The SMILES string of the molecule is CCOC(OCC)c1nc(C(C)=O)c[nH]1. The van der Waals surface area contributed by atoms with E-state index in [0.29, 0.717) is 24.7 Å². The fraction of sp³-hybridized carbons (Fsp3) is 0.600. The molecule has 5 heteroatoms. The topological polar surface area (TPSA) is 64.2 Å². The minimum Gasteiger partial charge on any atom is -0.346 e. The van der Waals surface area contributed by atoms with Gasteiger partial charge in [-0.3, -0.25) is 4.79 Å². The summed E-state index contributed by atoms with van der Waals surface area (Å²) in [7, 11) is 0. The number of carbonyl (C=O) groups is 1. The molecule has 0 aromatic carbocycles. The summed E-state index contributed by atoms with van der Waals surface area (Å²) >= 11 is 0. The van der Waals surface area contributed by atoms with Crippen LogP contribution in [0.15, 0.2) is 6.20 Å². The van der Waals surface area contributed by atoms with E-state index in [-0.39, 0.29) is 5.78 Å². The molecule has 0 saturated heterocycles. The summed E-state index contributed by atoms with van der Waals surface area (Å²) in [6.07, 6.45) is 1.04. The summed E-state index contributed by atoms with van der Waals surface area (Å²) in [6, 6.07) is 0. The van der Waals surface area contributed by atoms with Crippen LogP contribution in [0.5, 0.6) is 0 Å². The number of H-pyrrole nitrogens is 1. The van der Waals surface area contributed by atoms with Crippen LogP contribution >= 0.6 is 0 Å². The zero-order valence-electron chi connectivity index (χ0n) is 9.24. The van der Waals surface area contributed by atoms with Crippen LogP contribution in [0.1, 0.15) is 43.4 Å². The normalized spacial score (nSPS) is 10.9. The minimum atomic E-state index is -0.520. The fourth-order valence-electron chi connectivity index (χ4n) is 1.15. The molecule has 0 aliphatic rings. The number of nitrogens with zero attached hydrogens (tertiary/aromatic N) is 1. The first-order valence-corrected chi connectivity index (χ1v) is 4.98. The third-order valence-corrected chi connectivity index (χ3v) is 1.82. The van der Waals surface area contributed by atoms with Crippen LogP contribution in [0, 0.1) is 0 Å². The lowest BCUT2D eigenvalue weighted by molar-refractivity contribution is -0.144. The van der Waals surface area contributed by atoms with E-state index in [0.717, 1.165) is 0 Å². The molecule has 84 valence electrons. The first-order chi connectivity index (χ1) is 7.19. The summed E-state index contributed by atoms with van der Waals surface area (Å²) in [6.45, 7) is 6.28. The number of hydrogen-bond donors (Lipinski definition) is 1. The van der Waals surface area contributed by atoms with Crippen molar-refractivity contribution < 1.29 is 14.3 Å². The Balaban J connectivity index is 2.76. The van der Waals surface area contributed by atoms with Gasteiger partial charge >= 0.3 is 0 Å². The Bertz CT molecular complexity index is 316. The molecule has 0 saturated carbocycles. The number of rotatable bonds is 6. The molecule has 1 heterocycles. The van der Waals surface area contributed by atoms with E-state index in [4.69, 9.17) is 9.47 Å². The van der Waals surface area contributed by atoms with Crippen LogP contribution in [0.2, 0.25) is 0 Å². The highest BCUT2D eigenvalue weighted by Gasteiger charge is 2.16. The highest BCUT2D eigenvalue weighted by Crippen LogP contribution is 2.15. The quantitative estimate of drug-likeness (QED) is 0.575. The maximum Gasteiger partial charge on any atom is 0.217 e. The third kappa shape index (κ3) is 3.14. The van der Waals surface area contributed by atoms with Crippen molar-refractivity contribution in [1.82, 2.24) is 9.97 Å². The lowest BCUT2D eigenvalue weighted by Crippen LogP contribution is -2.10. The zero-order chi connectivity index (χ0) is 11.3. The van der Waals surface area contributed by atoms with Crippen molar-refractivity contribution >= 4 is 5.78 Å². The number of ketones is 1. The molecule has 0 radical (unpaired) electrons. The molecule has 15 heavy (non-hydrogen) atoms. The molecule has 0 fully saturated rings. The number of nitrogens with one attached hydrogen (secondary N) is 1. The molecule has 1 N–H and O–H groups in total. The Morgan fingerprint density at radius 1 is 1.47 bits per heavy atom. The Hall–Kier alpha value is -1.20. The van der Waals surface area contributed by atoms with Crippen molar-refractivity contribution in [2.75, 3.05) is 13.2 Å². The molecule has 0 bridgehead atoms. The molecule has 1 aromatic heterocycles. The number of hydrogen-bond acceptors (Lipinski definition) is 4. The molecular formula is C10H16N2O3.